The first-order valence-corrected chi connectivity index (χ1v) is 14.3. The van der Waals surface area contributed by atoms with Crippen molar-refractivity contribution in [1.82, 2.24) is 4.90 Å². The van der Waals surface area contributed by atoms with Crippen molar-refractivity contribution in [2.45, 2.75) is 45.1 Å². The number of carbonyl (C=O) groups excluding carboxylic acids is 3. The van der Waals surface area contributed by atoms with Crippen molar-refractivity contribution in [3.05, 3.63) is 132 Å². The largest absolute Gasteiger partial charge is 0.462 e. The first-order chi connectivity index (χ1) is 20.7. The number of hydrogen-bond acceptors (Lipinski definition) is 5. The third-order valence-electron chi connectivity index (χ3n) is 8.10. The van der Waals surface area contributed by atoms with Crippen LogP contribution in [0.1, 0.15) is 44.7 Å². The first-order valence-electron chi connectivity index (χ1n) is 14.3. The SMILES string of the molecule is CC1C=CC(=O)N1c1ccc(Oc2ccc(C(C)(C)c3ccc(OC4=CC=C(N5C(=O)C=CC5=O)CC4)cc3)cc2)cc1. The molecule has 1 unspecified atom stereocenters. The Bertz CT molecular complexity index is 1680. The Morgan fingerprint density at radius 1 is 0.651 bits per heavy atom. The van der Waals surface area contributed by atoms with Gasteiger partial charge in [0.15, 0.2) is 0 Å². The van der Waals surface area contributed by atoms with Crippen molar-refractivity contribution in [1.29, 1.82) is 0 Å². The minimum atomic E-state index is -0.301. The van der Waals surface area contributed by atoms with Crippen molar-refractivity contribution >= 4 is 23.4 Å². The number of anilines is 1. The average Bonchev–Trinajstić information content (AvgIpc) is 3.53. The van der Waals surface area contributed by atoms with Crippen molar-refractivity contribution in [3.8, 4) is 17.2 Å². The van der Waals surface area contributed by atoms with E-state index in [9.17, 15) is 14.4 Å². The zero-order chi connectivity index (χ0) is 30.1. The van der Waals surface area contributed by atoms with Crippen LogP contribution in [0.4, 0.5) is 5.69 Å². The molecule has 0 fully saturated rings. The lowest BCUT2D eigenvalue weighted by atomic mass is 9.78. The molecule has 3 aromatic carbocycles. The van der Waals surface area contributed by atoms with E-state index in [1.165, 1.54) is 17.1 Å². The molecule has 0 saturated heterocycles. The summed E-state index contributed by atoms with van der Waals surface area (Å²) in [5.41, 5.74) is 3.56. The van der Waals surface area contributed by atoms with Crippen molar-refractivity contribution in [2.24, 2.45) is 0 Å². The number of imide groups is 1. The first kappa shape index (κ1) is 28.0. The number of nitrogens with zero attached hydrogens (tertiary/aromatic N) is 2. The second kappa shape index (κ2) is 11.2. The third-order valence-corrected chi connectivity index (χ3v) is 8.10. The highest BCUT2D eigenvalue weighted by Gasteiger charge is 2.28. The highest BCUT2D eigenvalue weighted by molar-refractivity contribution is 6.14. The number of benzene rings is 3. The van der Waals surface area contributed by atoms with Crippen molar-refractivity contribution in [3.63, 3.8) is 0 Å². The van der Waals surface area contributed by atoms with Gasteiger partial charge >= 0.3 is 0 Å². The van der Waals surface area contributed by atoms with Crippen LogP contribution < -0.4 is 14.4 Å². The predicted molar refractivity (Wildman–Crippen MR) is 165 cm³/mol. The van der Waals surface area contributed by atoms with Gasteiger partial charge in [-0.1, -0.05) is 44.2 Å². The van der Waals surface area contributed by atoms with Crippen molar-refractivity contribution in [2.75, 3.05) is 4.90 Å². The zero-order valence-electron chi connectivity index (χ0n) is 24.3. The Hall–Kier alpha value is -5.17. The molecule has 0 saturated carbocycles. The van der Waals surface area contributed by atoms with E-state index in [0.717, 1.165) is 34.1 Å². The van der Waals surface area contributed by atoms with Crippen LogP contribution in [0.15, 0.2) is 121 Å². The number of carbonyl (C=O) groups is 3. The van der Waals surface area contributed by atoms with E-state index in [2.05, 4.69) is 38.1 Å². The number of allylic oxidation sites excluding steroid dienone is 4. The maximum Gasteiger partial charge on any atom is 0.257 e. The summed E-state index contributed by atoms with van der Waals surface area (Å²) < 4.78 is 12.2. The van der Waals surface area contributed by atoms with Gasteiger partial charge in [-0.25, -0.2) is 4.90 Å². The second-order valence-electron chi connectivity index (χ2n) is 11.3. The highest BCUT2D eigenvalue weighted by atomic mass is 16.5. The van der Waals surface area contributed by atoms with E-state index in [0.29, 0.717) is 24.3 Å². The maximum atomic E-state index is 12.1. The van der Waals surface area contributed by atoms with E-state index in [-0.39, 0.29) is 29.2 Å². The Morgan fingerprint density at radius 3 is 1.67 bits per heavy atom. The molecule has 0 bridgehead atoms. The summed E-state index contributed by atoms with van der Waals surface area (Å²) in [4.78, 5) is 38.9. The van der Waals surface area contributed by atoms with Gasteiger partial charge in [-0.3, -0.25) is 14.4 Å². The smallest absolute Gasteiger partial charge is 0.257 e. The summed E-state index contributed by atoms with van der Waals surface area (Å²) >= 11 is 0. The summed E-state index contributed by atoms with van der Waals surface area (Å²) in [7, 11) is 0. The highest BCUT2D eigenvalue weighted by Crippen LogP contribution is 2.35. The van der Waals surface area contributed by atoms with Crippen LogP contribution in [0.3, 0.4) is 0 Å². The third kappa shape index (κ3) is 5.66. The molecular formula is C36H32N2O5. The molecule has 7 nitrogen and oxygen atoms in total. The Morgan fingerprint density at radius 2 is 1.19 bits per heavy atom. The molecule has 2 aliphatic heterocycles. The Balaban J connectivity index is 1.08. The fraction of sp³-hybridized carbons (Fsp3) is 0.194. The van der Waals surface area contributed by atoms with Crippen LogP contribution in [-0.2, 0) is 19.8 Å². The molecular weight excluding hydrogens is 540 g/mol. The Labute approximate surface area is 251 Å². The summed E-state index contributed by atoms with van der Waals surface area (Å²) in [6.07, 6.45) is 10.8. The van der Waals surface area contributed by atoms with Crippen LogP contribution in [-0.4, -0.2) is 28.7 Å². The molecule has 0 spiro atoms. The normalized spacial score (nSPS) is 18.3. The predicted octanol–water partition coefficient (Wildman–Crippen LogP) is 6.96. The van der Waals surface area contributed by atoms with Gasteiger partial charge < -0.3 is 14.4 Å². The summed E-state index contributed by atoms with van der Waals surface area (Å²) in [5.74, 6) is 2.33. The van der Waals surface area contributed by atoms with Crippen molar-refractivity contribution < 1.29 is 23.9 Å². The van der Waals surface area contributed by atoms with Gasteiger partial charge in [-0.15, -0.1) is 0 Å². The molecule has 2 heterocycles. The van der Waals surface area contributed by atoms with Gasteiger partial charge in [0.2, 0.25) is 0 Å². The summed E-state index contributed by atoms with van der Waals surface area (Å²) in [6.45, 7) is 6.35. The lowest BCUT2D eigenvalue weighted by molar-refractivity contribution is -0.134. The van der Waals surface area contributed by atoms with Crippen LogP contribution in [0, 0.1) is 0 Å². The quantitative estimate of drug-likeness (QED) is 0.273. The van der Waals surface area contributed by atoms with E-state index >= 15 is 0 Å². The molecule has 1 atom stereocenters. The molecule has 216 valence electrons. The molecule has 1 aliphatic carbocycles. The lowest BCUT2D eigenvalue weighted by Gasteiger charge is -2.27. The molecule has 3 aromatic rings. The average molecular weight is 573 g/mol. The number of ether oxygens (including phenoxy) is 2. The maximum absolute atomic E-state index is 12.1. The molecule has 7 heteroatoms. The van der Waals surface area contributed by atoms with Gasteiger partial charge in [0.1, 0.15) is 23.0 Å². The van der Waals surface area contributed by atoms with E-state index in [1.807, 2.05) is 67.6 Å². The van der Waals surface area contributed by atoms with E-state index in [1.54, 1.807) is 17.1 Å². The fourth-order valence-electron chi connectivity index (χ4n) is 5.52. The van der Waals surface area contributed by atoms with Crippen LogP contribution in [0.25, 0.3) is 0 Å². The van der Waals surface area contributed by atoms with Gasteiger partial charge in [0, 0.05) is 41.4 Å². The standard InChI is InChI=1S/C36H32N2O5/c1-24-4-21-33(39)37(24)27-9-17-31(18-10-27)42-29-13-5-25(6-14-29)36(2,3)26-7-15-30(16-8-26)43-32-19-11-28(12-20-32)38-34(40)22-23-35(38)41/h4-11,13-19,21-24H,12,20H2,1-3H3. The van der Waals surface area contributed by atoms with E-state index in [4.69, 9.17) is 9.47 Å². The van der Waals surface area contributed by atoms with Gasteiger partial charge in [-0.05, 0) is 85.2 Å². The second-order valence-corrected chi connectivity index (χ2v) is 11.3. The molecule has 3 amide bonds. The van der Waals surface area contributed by atoms with Gasteiger partial charge in [0.25, 0.3) is 17.7 Å². The molecule has 3 aliphatic rings. The molecule has 0 N–H and O–H groups in total. The topological polar surface area (TPSA) is 76.2 Å². The number of hydrogen-bond donors (Lipinski definition) is 0. The monoisotopic (exact) mass is 572 g/mol. The Kier molecular flexibility index (Phi) is 7.32. The van der Waals surface area contributed by atoms with E-state index < -0.39 is 0 Å². The van der Waals surface area contributed by atoms with Gasteiger partial charge in [-0.2, -0.15) is 0 Å². The minimum absolute atomic E-state index is 0.00981. The molecule has 6 rings (SSSR count). The lowest BCUT2D eigenvalue weighted by Crippen LogP contribution is -2.31. The van der Waals surface area contributed by atoms with Gasteiger partial charge in [0.05, 0.1) is 6.04 Å². The molecule has 0 aromatic heterocycles. The summed E-state index contributed by atoms with van der Waals surface area (Å²) in [5, 5.41) is 0. The number of amides is 3. The van der Waals surface area contributed by atoms with Crippen LogP contribution in [0.2, 0.25) is 0 Å². The van der Waals surface area contributed by atoms with Crippen LogP contribution >= 0.6 is 0 Å². The zero-order valence-corrected chi connectivity index (χ0v) is 24.3. The summed E-state index contributed by atoms with van der Waals surface area (Å²) in [6, 6.07) is 23.7. The number of rotatable bonds is 8. The molecule has 43 heavy (non-hydrogen) atoms. The van der Waals surface area contributed by atoms with Crippen LogP contribution in [0.5, 0.6) is 17.2 Å². The fourth-order valence-corrected chi connectivity index (χ4v) is 5.52. The minimum Gasteiger partial charge on any atom is -0.462 e. The molecule has 0 radical (unpaired) electrons.